The van der Waals surface area contributed by atoms with Crippen molar-refractivity contribution in [1.29, 1.82) is 0 Å². The Hall–Kier alpha value is -2.02. The Morgan fingerprint density at radius 1 is 1.19 bits per heavy atom. The highest BCUT2D eigenvalue weighted by molar-refractivity contribution is 7.86. The van der Waals surface area contributed by atoms with Gasteiger partial charge < -0.3 is 5.11 Å². The molecule has 0 atom stereocenters. The summed E-state index contributed by atoms with van der Waals surface area (Å²) in [5.74, 6) is -1.40. The van der Waals surface area contributed by atoms with E-state index in [1.807, 2.05) is 0 Å². The molecule has 0 radical (unpaired) electrons. The lowest BCUT2D eigenvalue weighted by atomic mass is 10.2. The summed E-state index contributed by atoms with van der Waals surface area (Å²) in [4.78, 5) is 26.1. The fraction of sp³-hybridized carbons (Fsp3) is 0. The zero-order valence-corrected chi connectivity index (χ0v) is 8.47. The van der Waals surface area contributed by atoms with Crippen molar-refractivity contribution in [3.05, 3.63) is 29.8 Å². The van der Waals surface area contributed by atoms with Gasteiger partial charge in [0.2, 0.25) is 0 Å². The summed E-state index contributed by atoms with van der Waals surface area (Å²) < 4.78 is 29.9. The van der Waals surface area contributed by atoms with Crippen LogP contribution in [0.4, 0.5) is 0 Å². The predicted octanol–water partition coefficient (Wildman–Crippen LogP) is 0.0480. The fourth-order valence-electron chi connectivity index (χ4n) is 0.868. The summed E-state index contributed by atoms with van der Waals surface area (Å²) in [7, 11) is -4.46. The molecular formula is C8H6O7S. The highest BCUT2D eigenvalue weighted by Crippen LogP contribution is 2.14. The lowest BCUT2D eigenvalue weighted by molar-refractivity contribution is -0.191. The lowest BCUT2D eigenvalue weighted by Crippen LogP contribution is -2.07. The molecule has 0 aliphatic rings. The van der Waals surface area contributed by atoms with Gasteiger partial charge in [-0.05, 0) is 12.1 Å². The van der Waals surface area contributed by atoms with Crippen molar-refractivity contribution in [3.8, 4) is 0 Å². The molecule has 0 saturated carbocycles. The molecule has 0 saturated heterocycles. The van der Waals surface area contributed by atoms with E-state index in [0.29, 0.717) is 0 Å². The number of hydrogen-bond donors (Lipinski definition) is 2. The molecule has 16 heavy (non-hydrogen) atoms. The molecule has 0 aliphatic heterocycles. The summed E-state index contributed by atoms with van der Waals surface area (Å²) in [5.41, 5.74) is -0.440. The maximum Gasteiger partial charge on any atom is 0.373 e. The molecule has 2 N–H and O–H groups in total. The van der Waals surface area contributed by atoms with E-state index in [9.17, 15) is 13.2 Å². The van der Waals surface area contributed by atoms with Crippen molar-refractivity contribution in [3.63, 3.8) is 0 Å². The Morgan fingerprint density at radius 2 is 1.62 bits per heavy atom. The average Bonchev–Trinajstić information content (AvgIpc) is 2.17. The molecule has 0 spiro atoms. The van der Waals surface area contributed by atoms with Gasteiger partial charge in [-0.15, -0.1) is 0 Å². The topological polar surface area (TPSA) is 126 Å². The number of benzene rings is 1. The van der Waals surface area contributed by atoms with Crippen LogP contribution < -0.4 is 0 Å². The van der Waals surface area contributed by atoms with E-state index in [1.165, 1.54) is 12.1 Å². The molecule has 0 fully saturated rings. The summed E-state index contributed by atoms with van der Waals surface area (Å²) in [6.45, 7) is 0. The average molecular weight is 246 g/mol. The molecule has 1 aromatic carbocycles. The lowest BCUT2D eigenvalue weighted by Gasteiger charge is -2.00. The third-order valence-corrected chi connectivity index (χ3v) is 2.31. The highest BCUT2D eigenvalue weighted by Gasteiger charge is 2.18. The van der Waals surface area contributed by atoms with Crippen LogP contribution >= 0.6 is 0 Å². The molecule has 0 aromatic heterocycles. The molecule has 7 nitrogen and oxygen atoms in total. The number of carbonyl (C=O) groups is 1. The van der Waals surface area contributed by atoms with E-state index in [0.717, 1.165) is 12.1 Å². The Kier molecular flexibility index (Phi) is 5.03. The summed E-state index contributed by atoms with van der Waals surface area (Å²) >= 11 is 0. The molecule has 1 rings (SSSR count). The predicted molar refractivity (Wildman–Crippen MR) is 48.2 cm³/mol. The normalized spacial score (nSPS) is 9.56. The zero-order chi connectivity index (χ0) is 12.8. The van der Waals surface area contributed by atoms with Crippen LogP contribution in [0.1, 0.15) is 10.4 Å². The second kappa shape index (κ2) is 5.76. The first-order valence-corrected chi connectivity index (χ1v) is 5.07. The summed E-state index contributed by atoms with van der Waals surface area (Å²) in [6, 6.07) is 4.83. The number of carbonyl (C=O) groups excluding carboxylic acids is 2. The van der Waals surface area contributed by atoms with Gasteiger partial charge in [-0.1, -0.05) is 12.1 Å². The minimum absolute atomic E-state index is 0.250. The Labute approximate surface area is 90.1 Å². The van der Waals surface area contributed by atoms with Crippen LogP contribution in [0.15, 0.2) is 29.2 Å². The largest absolute Gasteiger partial charge is 0.478 e. The van der Waals surface area contributed by atoms with Gasteiger partial charge in [0.05, 0.1) is 5.56 Å². The second-order valence-electron chi connectivity index (χ2n) is 2.36. The Morgan fingerprint density at radius 3 is 1.94 bits per heavy atom. The molecule has 0 bridgehead atoms. The third kappa shape index (κ3) is 4.01. The number of carboxylic acids is 1. The van der Waals surface area contributed by atoms with Gasteiger partial charge in [-0.2, -0.15) is 18.0 Å². The van der Waals surface area contributed by atoms with E-state index in [-0.39, 0.29) is 6.15 Å². The number of carboxylic acid groups (broad SMARTS) is 1. The van der Waals surface area contributed by atoms with Gasteiger partial charge in [-0.25, -0.2) is 4.79 Å². The zero-order valence-electron chi connectivity index (χ0n) is 7.65. The van der Waals surface area contributed by atoms with E-state index >= 15 is 0 Å². The van der Waals surface area contributed by atoms with Crippen LogP contribution in [-0.4, -0.2) is 30.2 Å². The molecular weight excluding hydrogens is 240 g/mol. The fourth-order valence-corrected chi connectivity index (χ4v) is 1.55. The smallest absolute Gasteiger partial charge is 0.373 e. The van der Waals surface area contributed by atoms with Crippen molar-refractivity contribution >= 4 is 22.2 Å². The summed E-state index contributed by atoms with van der Waals surface area (Å²) in [6.07, 6.45) is 0.250. The van der Waals surface area contributed by atoms with Gasteiger partial charge in [0.25, 0.3) is 10.1 Å². The first-order chi connectivity index (χ1) is 7.34. The van der Waals surface area contributed by atoms with Crippen LogP contribution in [-0.2, 0) is 19.7 Å². The maximum atomic E-state index is 10.7. The quantitative estimate of drug-likeness (QED) is 0.706. The van der Waals surface area contributed by atoms with Gasteiger partial charge in [0.1, 0.15) is 4.90 Å². The van der Waals surface area contributed by atoms with Crippen LogP contribution in [0.25, 0.3) is 0 Å². The van der Waals surface area contributed by atoms with Crippen LogP contribution in [0, 0.1) is 0 Å². The van der Waals surface area contributed by atoms with Crippen molar-refractivity contribution in [2.45, 2.75) is 4.90 Å². The van der Waals surface area contributed by atoms with E-state index < -0.39 is 26.5 Å². The first-order valence-electron chi connectivity index (χ1n) is 3.63. The second-order valence-corrected chi connectivity index (χ2v) is 3.75. The molecule has 0 unspecified atom stereocenters. The van der Waals surface area contributed by atoms with Crippen molar-refractivity contribution in [2.24, 2.45) is 0 Å². The van der Waals surface area contributed by atoms with Gasteiger partial charge in [0.15, 0.2) is 0 Å². The highest BCUT2D eigenvalue weighted by atomic mass is 32.2. The van der Waals surface area contributed by atoms with E-state index in [1.54, 1.807) is 0 Å². The molecule has 86 valence electrons. The minimum Gasteiger partial charge on any atom is -0.478 e. The molecule has 1 aromatic rings. The van der Waals surface area contributed by atoms with Crippen LogP contribution in [0.5, 0.6) is 0 Å². The number of rotatable bonds is 2. The van der Waals surface area contributed by atoms with Gasteiger partial charge in [0, 0.05) is 0 Å². The Balaban J connectivity index is 0.000000673. The standard InChI is InChI=1S/C7H6O5S.CO2/c8-7(9)5-3-1-2-4-6(5)13(10,11)12;2-1-3/h1-4H,(H,8,9)(H,10,11,12);. The number of aromatic carboxylic acids is 1. The maximum absolute atomic E-state index is 10.7. The van der Waals surface area contributed by atoms with Crippen molar-refractivity contribution < 1.29 is 32.5 Å². The first kappa shape index (κ1) is 14.0. The van der Waals surface area contributed by atoms with Crippen molar-refractivity contribution in [1.82, 2.24) is 0 Å². The minimum atomic E-state index is -4.46. The monoisotopic (exact) mass is 246 g/mol. The third-order valence-electron chi connectivity index (χ3n) is 1.40. The van der Waals surface area contributed by atoms with Gasteiger partial charge >= 0.3 is 12.1 Å². The van der Waals surface area contributed by atoms with E-state index in [4.69, 9.17) is 19.2 Å². The number of hydrogen-bond acceptors (Lipinski definition) is 5. The molecule has 0 heterocycles. The van der Waals surface area contributed by atoms with E-state index in [2.05, 4.69) is 0 Å². The van der Waals surface area contributed by atoms with Crippen molar-refractivity contribution in [2.75, 3.05) is 0 Å². The molecule has 0 aliphatic carbocycles. The molecule has 0 amide bonds. The van der Waals surface area contributed by atoms with Gasteiger partial charge in [-0.3, -0.25) is 4.55 Å². The van der Waals surface area contributed by atoms with Crippen LogP contribution in [0.2, 0.25) is 0 Å². The Bertz CT molecular complexity index is 511. The van der Waals surface area contributed by atoms with Crippen LogP contribution in [0.3, 0.4) is 0 Å². The molecule has 8 heteroatoms. The SMILES string of the molecule is O=C(O)c1ccccc1S(=O)(=O)O.O=C=O. The summed E-state index contributed by atoms with van der Waals surface area (Å²) in [5, 5.41) is 8.55.